The van der Waals surface area contributed by atoms with Crippen LogP contribution < -0.4 is 5.32 Å². The average molecular weight is 383 g/mol. The molecule has 0 radical (unpaired) electrons. The Hall–Kier alpha value is -3.33. The summed E-state index contributed by atoms with van der Waals surface area (Å²) in [5.74, 6) is -0.00431. The highest BCUT2D eigenvalue weighted by Crippen LogP contribution is 2.39. The number of para-hydroxylation sites is 2. The molecule has 138 valence electrons. The van der Waals surface area contributed by atoms with Gasteiger partial charge >= 0.3 is 0 Å². The van der Waals surface area contributed by atoms with Crippen LogP contribution in [0.3, 0.4) is 0 Å². The quantitative estimate of drug-likeness (QED) is 0.283. The van der Waals surface area contributed by atoms with Crippen molar-refractivity contribution in [2.75, 3.05) is 5.32 Å². The molecule has 3 aromatic rings. The second-order valence-electron chi connectivity index (χ2n) is 5.84. The summed E-state index contributed by atoms with van der Waals surface area (Å²) in [4.78, 5) is 10.6. The number of nitrogens with one attached hydrogen (secondary N) is 1. The summed E-state index contributed by atoms with van der Waals surface area (Å²) in [7, 11) is 0. The third kappa shape index (κ3) is 3.63. The minimum Gasteiger partial charge on any atom is -0.493 e. The lowest BCUT2D eigenvalue weighted by Crippen LogP contribution is -2.07. The Labute approximate surface area is 160 Å². The molecule has 8 nitrogen and oxygen atoms in total. The van der Waals surface area contributed by atoms with E-state index >= 15 is 0 Å². The predicted molar refractivity (Wildman–Crippen MR) is 108 cm³/mol. The zero-order valence-corrected chi connectivity index (χ0v) is 15.5. The maximum atomic E-state index is 11.1. The molecular weight excluding hydrogens is 366 g/mol. The highest BCUT2D eigenvalue weighted by atomic mass is 32.1. The van der Waals surface area contributed by atoms with Crippen molar-refractivity contribution < 1.29 is 10.0 Å². The highest BCUT2D eigenvalue weighted by molar-refractivity contribution is 7.80. The van der Waals surface area contributed by atoms with E-state index in [4.69, 9.17) is 12.2 Å². The topological polar surface area (TPSA) is 105 Å². The summed E-state index contributed by atoms with van der Waals surface area (Å²) in [6.45, 7) is 4.43. The van der Waals surface area contributed by atoms with Gasteiger partial charge in [-0.15, -0.1) is 10.2 Å². The maximum absolute atomic E-state index is 11.1. The molecule has 0 aliphatic heterocycles. The second-order valence-corrected chi connectivity index (χ2v) is 6.23. The van der Waals surface area contributed by atoms with E-state index in [1.54, 1.807) is 16.7 Å². The molecule has 0 saturated carbocycles. The van der Waals surface area contributed by atoms with Crippen LogP contribution in [0.2, 0.25) is 0 Å². The number of thiocarbonyl (C=S) groups is 1. The minimum absolute atomic E-state index is 0.00431. The lowest BCUT2D eigenvalue weighted by atomic mass is 10.1. The number of azo groups is 1. The van der Waals surface area contributed by atoms with Gasteiger partial charge in [-0.2, -0.15) is 0 Å². The van der Waals surface area contributed by atoms with Gasteiger partial charge in [-0.05, 0) is 44.3 Å². The minimum atomic E-state index is -0.508. The molecule has 0 amide bonds. The van der Waals surface area contributed by atoms with Crippen molar-refractivity contribution in [3.63, 3.8) is 0 Å². The molecule has 27 heavy (non-hydrogen) atoms. The van der Waals surface area contributed by atoms with Gasteiger partial charge in [0.25, 0.3) is 5.69 Å². The molecule has 1 heterocycles. The molecule has 0 aliphatic rings. The fourth-order valence-corrected chi connectivity index (χ4v) is 2.98. The van der Waals surface area contributed by atoms with Crippen molar-refractivity contribution in [3.8, 4) is 5.88 Å². The highest BCUT2D eigenvalue weighted by Gasteiger charge is 2.17. The molecule has 0 unspecified atom stereocenters. The number of anilines is 1. The number of nitro groups is 1. The van der Waals surface area contributed by atoms with Gasteiger partial charge in [-0.1, -0.05) is 23.8 Å². The summed E-state index contributed by atoms with van der Waals surface area (Å²) < 4.78 is 1.72. The van der Waals surface area contributed by atoms with Gasteiger partial charge in [0.15, 0.2) is 5.69 Å². The van der Waals surface area contributed by atoms with Crippen molar-refractivity contribution >= 4 is 45.3 Å². The van der Waals surface area contributed by atoms with E-state index in [2.05, 4.69) is 15.5 Å². The maximum Gasteiger partial charge on any atom is 0.292 e. The number of nitrogens with zero attached hydrogens (tertiary/aromatic N) is 4. The molecule has 9 heteroatoms. The summed E-state index contributed by atoms with van der Waals surface area (Å²) in [6.07, 6.45) is 0. The zero-order chi connectivity index (χ0) is 19.6. The number of hydrogen-bond acceptors (Lipinski definition) is 5. The van der Waals surface area contributed by atoms with Gasteiger partial charge < -0.3 is 15.0 Å². The van der Waals surface area contributed by atoms with Crippen molar-refractivity contribution in [2.45, 2.75) is 20.4 Å². The van der Waals surface area contributed by atoms with Gasteiger partial charge in [0.05, 0.1) is 10.4 Å². The average Bonchev–Trinajstić information content (AvgIpc) is 2.90. The fraction of sp³-hybridized carbons (Fsp3) is 0.167. The first-order valence-electron chi connectivity index (χ1n) is 8.20. The smallest absolute Gasteiger partial charge is 0.292 e. The third-order valence-electron chi connectivity index (χ3n) is 4.06. The fourth-order valence-electron chi connectivity index (χ4n) is 2.83. The summed E-state index contributed by atoms with van der Waals surface area (Å²) in [5, 5.41) is 33.0. The number of aromatic nitrogens is 1. The first-order chi connectivity index (χ1) is 12.9. The number of nitro benzene ring substituents is 1. The summed E-state index contributed by atoms with van der Waals surface area (Å²) >= 11 is 5.13. The molecule has 0 fully saturated rings. The Kier molecular flexibility index (Phi) is 5.13. The van der Waals surface area contributed by atoms with Crippen LogP contribution >= 0.6 is 12.2 Å². The van der Waals surface area contributed by atoms with E-state index in [0.29, 0.717) is 12.2 Å². The lowest BCUT2D eigenvalue weighted by molar-refractivity contribution is -0.383. The van der Waals surface area contributed by atoms with Crippen molar-refractivity contribution in [2.24, 2.45) is 10.2 Å². The van der Waals surface area contributed by atoms with Gasteiger partial charge in [-0.25, -0.2) is 0 Å². The zero-order valence-electron chi connectivity index (χ0n) is 14.7. The molecule has 0 spiro atoms. The van der Waals surface area contributed by atoms with E-state index in [1.165, 1.54) is 12.1 Å². The molecular formula is C18H17N5O3S. The van der Waals surface area contributed by atoms with Gasteiger partial charge in [-0.3, -0.25) is 10.1 Å². The van der Waals surface area contributed by atoms with Crippen molar-refractivity contribution in [1.29, 1.82) is 0 Å². The van der Waals surface area contributed by atoms with E-state index in [1.807, 2.05) is 32.0 Å². The molecule has 2 N–H and O–H groups in total. The normalized spacial score (nSPS) is 11.2. The molecule has 0 bridgehead atoms. The van der Waals surface area contributed by atoms with Crippen LogP contribution in [0, 0.1) is 17.0 Å². The Bertz CT molecular complexity index is 1070. The Morgan fingerprint density at radius 2 is 2.07 bits per heavy atom. The Morgan fingerprint density at radius 1 is 1.33 bits per heavy atom. The third-order valence-corrected chi connectivity index (χ3v) is 4.25. The number of hydrogen-bond donors (Lipinski definition) is 2. The second kappa shape index (κ2) is 7.50. The van der Waals surface area contributed by atoms with E-state index in [0.717, 1.165) is 16.5 Å². The van der Waals surface area contributed by atoms with E-state index < -0.39 is 4.92 Å². The van der Waals surface area contributed by atoms with Crippen LogP contribution in [0.4, 0.5) is 17.1 Å². The van der Waals surface area contributed by atoms with Crippen molar-refractivity contribution in [1.82, 2.24) is 4.57 Å². The molecule has 0 saturated heterocycles. The number of aryl methyl sites for hydroxylation is 2. The number of fused-ring (bicyclic) bond motifs is 1. The van der Waals surface area contributed by atoms with Crippen LogP contribution in [0.1, 0.15) is 12.5 Å². The number of benzene rings is 2. The Morgan fingerprint density at radius 3 is 2.78 bits per heavy atom. The van der Waals surface area contributed by atoms with E-state index in [-0.39, 0.29) is 22.4 Å². The molecule has 0 atom stereocenters. The number of rotatable bonds is 4. The van der Waals surface area contributed by atoms with Crippen LogP contribution in [0.5, 0.6) is 5.88 Å². The van der Waals surface area contributed by atoms with Crippen LogP contribution in [-0.2, 0) is 6.54 Å². The predicted octanol–water partition coefficient (Wildman–Crippen LogP) is 5.06. The van der Waals surface area contributed by atoms with Crippen LogP contribution in [-0.4, -0.2) is 19.7 Å². The summed E-state index contributed by atoms with van der Waals surface area (Å²) in [6, 6.07) is 11.9. The summed E-state index contributed by atoms with van der Waals surface area (Å²) in [5.41, 5.74) is 2.28. The Balaban J connectivity index is 1.93. The molecule has 0 aliphatic carbocycles. The first kappa shape index (κ1) is 18.5. The van der Waals surface area contributed by atoms with Crippen LogP contribution in [0.15, 0.2) is 52.7 Å². The van der Waals surface area contributed by atoms with Crippen molar-refractivity contribution in [3.05, 3.63) is 58.1 Å². The molecule has 3 rings (SSSR count). The number of aromatic hydroxyl groups is 1. The molecule has 1 aromatic heterocycles. The van der Waals surface area contributed by atoms with Gasteiger partial charge in [0.1, 0.15) is 5.69 Å². The first-order valence-corrected chi connectivity index (χ1v) is 8.61. The van der Waals surface area contributed by atoms with Gasteiger partial charge in [0, 0.05) is 18.0 Å². The molecule has 2 aromatic carbocycles. The standard InChI is InChI=1S/C18H17N5O3S/c1-3-22-14-9-8-11(2)10-12(14)16(17(22)24)20-21-18(27)19-13-6-4-5-7-15(13)23(25)26/h4-10,24H,3H2,1-2H3,(H,19,27). The van der Waals surface area contributed by atoms with Crippen LogP contribution in [0.25, 0.3) is 10.9 Å². The monoisotopic (exact) mass is 383 g/mol. The van der Waals surface area contributed by atoms with E-state index in [9.17, 15) is 15.2 Å². The SMILES string of the molecule is CCn1c(O)c(N=NC(=S)Nc2ccccc2[N+](=O)[O-])c2cc(C)ccc21. The lowest BCUT2D eigenvalue weighted by Gasteiger charge is -2.03. The van der Waals surface area contributed by atoms with Gasteiger partial charge in [0.2, 0.25) is 11.0 Å². The largest absolute Gasteiger partial charge is 0.493 e.